The van der Waals surface area contributed by atoms with Gasteiger partial charge in [-0.2, -0.15) is 0 Å². The second kappa shape index (κ2) is 6.73. The summed E-state index contributed by atoms with van der Waals surface area (Å²) in [5.41, 5.74) is 0. The van der Waals surface area contributed by atoms with Crippen LogP contribution in [0.1, 0.15) is 39.5 Å². The monoisotopic (exact) mass is 256 g/mol. The largest absolute Gasteiger partial charge is 0.481 e. The number of amides is 1. The topological polar surface area (TPSA) is 60.9 Å². The molecule has 0 aromatic rings. The first-order valence-electron chi connectivity index (χ1n) is 6.69. The van der Waals surface area contributed by atoms with E-state index in [1.807, 2.05) is 11.8 Å². The maximum absolute atomic E-state index is 12.3. The minimum Gasteiger partial charge on any atom is -0.481 e. The molecule has 104 valence electrons. The molecule has 1 amide bonds. The third-order valence-corrected chi connectivity index (χ3v) is 3.74. The molecule has 1 N–H and O–H groups in total. The number of carboxylic acids is 1. The van der Waals surface area contributed by atoms with Gasteiger partial charge in [0.15, 0.2) is 0 Å². The van der Waals surface area contributed by atoms with E-state index >= 15 is 0 Å². The van der Waals surface area contributed by atoms with Gasteiger partial charge >= 0.3 is 5.97 Å². The zero-order valence-electron chi connectivity index (χ0n) is 11.6. The van der Waals surface area contributed by atoms with E-state index in [-0.39, 0.29) is 18.4 Å². The van der Waals surface area contributed by atoms with Gasteiger partial charge in [0.05, 0.1) is 12.5 Å². The normalized spacial score (nSPS) is 26.2. The Morgan fingerprint density at radius 1 is 1.50 bits per heavy atom. The Bertz CT molecular complexity index is 307. The van der Waals surface area contributed by atoms with E-state index in [1.54, 1.807) is 11.9 Å². The van der Waals surface area contributed by atoms with Crippen LogP contribution in [0.25, 0.3) is 0 Å². The summed E-state index contributed by atoms with van der Waals surface area (Å²) in [6, 6.07) is -0.315. The lowest BCUT2D eigenvalue weighted by molar-refractivity contribution is -0.144. The van der Waals surface area contributed by atoms with Gasteiger partial charge in [-0.05, 0) is 26.3 Å². The summed E-state index contributed by atoms with van der Waals surface area (Å²) in [6.45, 7) is 5.72. The van der Waals surface area contributed by atoms with Crippen molar-refractivity contribution in [1.29, 1.82) is 0 Å². The van der Waals surface area contributed by atoms with Crippen molar-refractivity contribution in [3.8, 4) is 0 Å². The van der Waals surface area contributed by atoms with E-state index in [0.717, 1.165) is 32.4 Å². The number of hydrogen-bond acceptors (Lipinski definition) is 3. The van der Waals surface area contributed by atoms with Crippen molar-refractivity contribution in [3.05, 3.63) is 0 Å². The smallest absolute Gasteiger partial charge is 0.305 e. The molecule has 5 nitrogen and oxygen atoms in total. The van der Waals surface area contributed by atoms with Gasteiger partial charge in [0.2, 0.25) is 5.91 Å². The number of carboxylic acid groups (broad SMARTS) is 1. The molecular formula is C13H24N2O3. The Balaban J connectivity index is 2.83. The summed E-state index contributed by atoms with van der Waals surface area (Å²) in [6.07, 6.45) is 2.86. The summed E-state index contributed by atoms with van der Waals surface area (Å²) in [7, 11) is 1.77. The molecular weight excluding hydrogens is 232 g/mol. The third-order valence-electron chi connectivity index (χ3n) is 3.74. The fourth-order valence-electron chi connectivity index (χ4n) is 2.32. The standard InChI is InChI=1S/C13H24N2O3/c1-4-5-7-15-8-6-10(2)14(3)13(18)11(15)9-12(16)17/h10-11H,4-9H2,1-3H3,(H,16,17). The number of rotatable bonds is 5. The predicted molar refractivity (Wildman–Crippen MR) is 69.4 cm³/mol. The highest BCUT2D eigenvalue weighted by Gasteiger charge is 2.34. The van der Waals surface area contributed by atoms with E-state index in [4.69, 9.17) is 5.11 Å². The van der Waals surface area contributed by atoms with Gasteiger partial charge < -0.3 is 10.0 Å². The Morgan fingerprint density at radius 3 is 2.72 bits per heavy atom. The maximum Gasteiger partial charge on any atom is 0.305 e. The molecule has 0 aromatic carbocycles. The Hall–Kier alpha value is -1.10. The van der Waals surface area contributed by atoms with Crippen LogP contribution in [0.2, 0.25) is 0 Å². The molecule has 1 aliphatic rings. The number of nitrogens with zero attached hydrogens (tertiary/aromatic N) is 2. The van der Waals surface area contributed by atoms with Crippen LogP contribution in [0.3, 0.4) is 0 Å². The molecule has 1 saturated heterocycles. The molecule has 1 heterocycles. The minimum absolute atomic E-state index is 0.0569. The van der Waals surface area contributed by atoms with Crippen molar-refractivity contribution in [2.24, 2.45) is 0 Å². The van der Waals surface area contributed by atoms with Crippen LogP contribution in [0.5, 0.6) is 0 Å². The Morgan fingerprint density at radius 2 is 2.17 bits per heavy atom. The van der Waals surface area contributed by atoms with Crippen LogP contribution in [0, 0.1) is 0 Å². The predicted octanol–water partition coefficient (Wildman–Crippen LogP) is 1.18. The van der Waals surface area contributed by atoms with Crippen molar-refractivity contribution in [2.45, 2.75) is 51.6 Å². The van der Waals surface area contributed by atoms with Crippen LogP contribution >= 0.6 is 0 Å². The summed E-state index contributed by atoms with van der Waals surface area (Å²) in [5.74, 6) is -0.962. The van der Waals surface area contributed by atoms with Crippen molar-refractivity contribution in [3.63, 3.8) is 0 Å². The molecule has 1 rings (SSSR count). The SMILES string of the molecule is CCCCN1CCC(C)N(C)C(=O)C1CC(=O)O. The van der Waals surface area contributed by atoms with Crippen molar-refractivity contribution in [2.75, 3.05) is 20.1 Å². The van der Waals surface area contributed by atoms with Crippen molar-refractivity contribution >= 4 is 11.9 Å². The summed E-state index contributed by atoms with van der Waals surface area (Å²) in [4.78, 5) is 27.0. The first-order chi connectivity index (χ1) is 8.47. The fourth-order valence-corrected chi connectivity index (χ4v) is 2.32. The van der Waals surface area contributed by atoms with E-state index in [0.29, 0.717) is 0 Å². The van der Waals surface area contributed by atoms with Gasteiger partial charge in [0.25, 0.3) is 0 Å². The maximum atomic E-state index is 12.3. The van der Waals surface area contributed by atoms with Gasteiger partial charge in [-0.15, -0.1) is 0 Å². The van der Waals surface area contributed by atoms with E-state index < -0.39 is 12.0 Å². The lowest BCUT2D eigenvalue weighted by atomic mass is 10.1. The number of carbonyl (C=O) groups excluding carboxylic acids is 1. The van der Waals surface area contributed by atoms with Crippen LogP contribution < -0.4 is 0 Å². The average molecular weight is 256 g/mol. The molecule has 1 fully saturated rings. The zero-order valence-corrected chi connectivity index (χ0v) is 11.6. The highest BCUT2D eigenvalue weighted by molar-refractivity contribution is 5.86. The Kier molecular flexibility index (Phi) is 5.59. The number of likely N-dealkylation sites (N-methyl/N-ethyl adjacent to an activating group) is 1. The van der Waals surface area contributed by atoms with Gasteiger partial charge in [-0.3, -0.25) is 14.5 Å². The summed E-state index contributed by atoms with van der Waals surface area (Å²) in [5, 5.41) is 8.97. The first kappa shape index (κ1) is 15.0. The molecule has 0 radical (unpaired) electrons. The molecule has 2 atom stereocenters. The summed E-state index contributed by atoms with van der Waals surface area (Å²) >= 11 is 0. The lowest BCUT2D eigenvalue weighted by Gasteiger charge is -2.29. The van der Waals surface area contributed by atoms with Crippen molar-refractivity contribution in [1.82, 2.24) is 9.80 Å². The highest BCUT2D eigenvalue weighted by atomic mass is 16.4. The number of hydrogen-bond donors (Lipinski definition) is 1. The average Bonchev–Trinajstić information content (AvgIpc) is 2.41. The number of carbonyl (C=O) groups is 2. The van der Waals surface area contributed by atoms with E-state index in [2.05, 4.69) is 6.92 Å². The van der Waals surface area contributed by atoms with E-state index in [9.17, 15) is 9.59 Å². The molecule has 0 aliphatic carbocycles. The second-order valence-corrected chi connectivity index (χ2v) is 5.09. The molecule has 5 heteroatoms. The van der Waals surface area contributed by atoms with E-state index in [1.165, 1.54) is 0 Å². The fraction of sp³-hybridized carbons (Fsp3) is 0.846. The molecule has 0 aromatic heterocycles. The van der Waals surface area contributed by atoms with Crippen LogP contribution in [0.15, 0.2) is 0 Å². The first-order valence-corrected chi connectivity index (χ1v) is 6.69. The van der Waals surface area contributed by atoms with Crippen LogP contribution in [-0.2, 0) is 9.59 Å². The molecule has 2 unspecified atom stereocenters. The lowest BCUT2D eigenvalue weighted by Crippen LogP contribution is -2.47. The quantitative estimate of drug-likeness (QED) is 0.802. The number of aliphatic carboxylic acids is 1. The highest BCUT2D eigenvalue weighted by Crippen LogP contribution is 2.18. The summed E-state index contributed by atoms with van der Waals surface area (Å²) < 4.78 is 0. The molecule has 1 aliphatic heterocycles. The third kappa shape index (κ3) is 3.70. The van der Waals surface area contributed by atoms with Crippen molar-refractivity contribution < 1.29 is 14.7 Å². The Labute approximate surface area is 109 Å². The van der Waals surface area contributed by atoms with Gasteiger partial charge in [0, 0.05) is 19.6 Å². The zero-order chi connectivity index (χ0) is 13.7. The second-order valence-electron chi connectivity index (χ2n) is 5.09. The van der Waals surface area contributed by atoms with Crippen LogP contribution in [-0.4, -0.2) is 59.0 Å². The van der Waals surface area contributed by atoms with Gasteiger partial charge in [-0.1, -0.05) is 13.3 Å². The molecule has 0 bridgehead atoms. The molecule has 0 saturated carbocycles. The minimum atomic E-state index is -0.905. The van der Waals surface area contributed by atoms with Gasteiger partial charge in [0.1, 0.15) is 0 Å². The van der Waals surface area contributed by atoms with Crippen LogP contribution in [0.4, 0.5) is 0 Å². The van der Waals surface area contributed by atoms with Gasteiger partial charge in [-0.25, -0.2) is 0 Å². The number of unbranched alkanes of at least 4 members (excludes halogenated alkanes) is 1. The molecule has 0 spiro atoms. The molecule has 18 heavy (non-hydrogen) atoms.